The average Bonchev–Trinajstić information content (AvgIpc) is 3.53. The second-order valence-electron chi connectivity index (χ2n) is 10.6. The van der Waals surface area contributed by atoms with Crippen LogP contribution in [-0.4, -0.2) is 4.57 Å². The number of para-hydroxylation sites is 2. The molecule has 9 aromatic rings. The van der Waals surface area contributed by atoms with Gasteiger partial charge in [0.2, 0.25) is 0 Å². The lowest BCUT2D eigenvalue weighted by Gasteiger charge is -2.11. The summed E-state index contributed by atoms with van der Waals surface area (Å²) in [4.78, 5) is 0. The maximum Gasteiger partial charge on any atom is 0.136 e. The SMILES string of the molecule is c1ccc2c(-c3ccc(-n4c5ccccc5c5cc6cc7oc8ccccc8c7cc6cc54)cc3)cccc2c1. The Labute approximate surface area is 230 Å². The van der Waals surface area contributed by atoms with Crippen LogP contribution in [0, 0.1) is 0 Å². The molecule has 0 fully saturated rings. The van der Waals surface area contributed by atoms with Crippen LogP contribution < -0.4 is 0 Å². The van der Waals surface area contributed by atoms with E-state index in [4.69, 9.17) is 4.42 Å². The first-order valence-corrected chi connectivity index (χ1v) is 13.7. The van der Waals surface area contributed by atoms with Crippen molar-refractivity contribution >= 4 is 65.3 Å². The monoisotopic (exact) mass is 509 g/mol. The van der Waals surface area contributed by atoms with Gasteiger partial charge in [0.15, 0.2) is 0 Å². The summed E-state index contributed by atoms with van der Waals surface area (Å²) in [5, 5.41) is 9.75. The molecule has 0 unspecified atom stereocenters. The van der Waals surface area contributed by atoms with Gasteiger partial charge in [0.25, 0.3) is 0 Å². The molecule has 7 aromatic carbocycles. The first-order chi connectivity index (χ1) is 19.8. The molecule has 0 spiro atoms. The van der Waals surface area contributed by atoms with Crippen LogP contribution in [0.2, 0.25) is 0 Å². The molecule has 0 radical (unpaired) electrons. The number of nitrogens with zero attached hydrogens (tertiary/aromatic N) is 1. The van der Waals surface area contributed by atoms with Crippen LogP contribution in [-0.2, 0) is 0 Å². The summed E-state index contributed by atoms with van der Waals surface area (Å²) in [5.74, 6) is 0. The van der Waals surface area contributed by atoms with Crippen molar-refractivity contribution in [2.75, 3.05) is 0 Å². The first-order valence-electron chi connectivity index (χ1n) is 13.7. The van der Waals surface area contributed by atoms with Crippen LogP contribution in [0.25, 0.3) is 82.1 Å². The zero-order valence-electron chi connectivity index (χ0n) is 21.6. The standard InChI is InChI=1S/C38H23NO/c1-2-10-29-24(8-1)9-7-13-30(29)25-16-18-28(19-17-25)39-35-14-5-3-11-31(35)33-20-27-23-38-34(21-26(27)22-36(33)39)32-12-4-6-15-37(32)40-38/h1-23H. The van der Waals surface area contributed by atoms with Crippen molar-refractivity contribution in [1.29, 1.82) is 0 Å². The van der Waals surface area contributed by atoms with E-state index in [0.29, 0.717) is 0 Å². The first kappa shape index (κ1) is 21.6. The number of benzene rings is 7. The van der Waals surface area contributed by atoms with E-state index in [-0.39, 0.29) is 0 Å². The van der Waals surface area contributed by atoms with E-state index >= 15 is 0 Å². The average molecular weight is 510 g/mol. The number of hydrogen-bond acceptors (Lipinski definition) is 1. The zero-order chi connectivity index (χ0) is 26.2. The zero-order valence-corrected chi connectivity index (χ0v) is 21.6. The van der Waals surface area contributed by atoms with Gasteiger partial charge in [-0.1, -0.05) is 91.0 Å². The molecular weight excluding hydrogens is 486 g/mol. The van der Waals surface area contributed by atoms with E-state index in [1.54, 1.807) is 0 Å². The molecule has 2 nitrogen and oxygen atoms in total. The third-order valence-electron chi connectivity index (χ3n) is 8.35. The lowest BCUT2D eigenvalue weighted by Crippen LogP contribution is -1.94. The molecule has 2 aromatic heterocycles. The van der Waals surface area contributed by atoms with Crippen molar-refractivity contribution in [2.45, 2.75) is 0 Å². The van der Waals surface area contributed by atoms with Crippen LogP contribution >= 0.6 is 0 Å². The van der Waals surface area contributed by atoms with E-state index in [9.17, 15) is 0 Å². The highest BCUT2D eigenvalue weighted by atomic mass is 16.3. The lowest BCUT2D eigenvalue weighted by atomic mass is 9.98. The largest absolute Gasteiger partial charge is 0.456 e. The fourth-order valence-corrected chi connectivity index (χ4v) is 6.48. The van der Waals surface area contributed by atoms with E-state index in [1.165, 1.54) is 54.5 Å². The highest BCUT2D eigenvalue weighted by Gasteiger charge is 2.15. The molecule has 186 valence electrons. The summed E-state index contributed by atoms with van der Waals surface area (Å²) in [5.41, 5.74) is 7.91. The molecule has 0 atom stereocenters. The lowest BCUT2D eigenvalue weighted by molar-refractivity contribution is 0.669. The molecule has 0 saturated heterocycles. The fourth-order valence-electron chi connectivity index (χ4n) is 6.48. The van der Waals surface area contributed by atoms with Crippen molar-refractivity contribution in [2.24, 2.45) is 0 Å². The summed E-state index contributed by atoms with van der Waals surface area (Å²) in [6.07, 6.45) is 0. The fraction of sp³-hybridized carbons (Fsp3) is 0. The third kappa shape index (κ3) is 3.05. The molecule has 9 rings (SSSR count). The van der Waals surface area contributed by atoms with Gasteiger partial charge in [-0.2, -0.15) is 0 Å². The van der Waals surface area contributed by atoms with E-state index in [2.05, 4.69) is 132 Å². The maximum absolute atomic E-state index is 6.20. The van der Waals surface area contributed by atoms with Crippen molar-refractivity contribution < 1.29 is 4.42 Å². The van der Waals surface area contributed by atoms with Crippen LogP contribution in [0.3, 0.4) is 0 Å². The number of fused-ring (bicyclic) bond motifs is 8. The van der Waals surface area contributed by atoms with Gasteiger partial charge in [0.1, 0.15) is 11.2 Å². The van der Waals surface area contributed by atoms with E-state index < -0.39 is 0 Å². The molecule has 0 aliphatic rings. The van der Waals surface area contributed by atoms with E-state index in [1.807, 2.05) is 12.1 Å². The second kappa shape index (κ2) is 8.08. The van der Waals surface area contributed by atoms with Gasteiger partial charge < -0.3 is 8.98 Å². The Morgan fingerprint density at radius 3 is 2.00 bits per heavy atom. The number of rotatable bonds is 2. The molecule has 2 heteroatoms. The Hall–Kier alpha value is -5.34. The molecule has 0 aliphatic heterocycles. The van der Waals surface area contributed by atoms with Crippen LogP contribution in [0.4, 0.5) is 0 Å². The number of aromatic nitrogens is 1. The number of hydrogen-bond donors (Lipinski definition) is 0. The summed E-state index contributed by atoms with van der Waals surface area (Å²) in [6, 6.07) is 50.2. The van der Waals surface area contributed by atoms with Gasteiger partial charge in [-0.3, -0.25) is 0 Å². The Bertz CT molecular complexity index is 2420. The normalized spacial score (nSPS) is 12.0. The predicted octanol–water partition coefficient (Wildman–Crippen LogP) is 10.7. The molecule has 40 heavy (non-hydrogen) atoms. The van der Waals surface area contributed by atoms with Gasteiger partial charge in [-0.05, 0) is 81.2 Å². The summed E-state index contributed by atoms with van der Waals surface area (Å²) in [7, 11) is 0. The summed E-state index contributed by atoms with van der Waals surface area (Å²) < 4.78 is 8.60. The van der Waals surface area contributed by atoms with Crippen molar-refractivity contribution in [3.8, 4) is 16.8 Å². The molecule has 0 amide bonds. The van der Waals surface area contributed by atoms with Crippen LogP contribution in [0.5, 0.6) is 0 Å². The topological polar surface area (TPSA) is 18.1 Å². The van der Waals surface area contributed by atoms with Crippen LogP contribution in [0.15, 0.2) is 144 Å². The van der Waals surface area contributed by atoms with Gasteiger partial charge >= 0.3 is 0 Å². The molecule has 0 N–H and O–H groups in total. The molecule has 0 aliphatic carbocycles. The highest BCUT2D eigenvalue weighted by Crippen LogP contribution is 2.38. The van der Waals surface area contributed by atoms with Gasteiger partial charge in [-0.15, -0.1) is 0 Å². The second-order valence-corrected chi connectivity index (χ2v) is 10.6. The number of furan rings is 1. The Kier molecular flexibility index (Phi) is 4.36. The Balaban J connectivity index is 1.28. The maximum atomic E-state index is 6.20. The minimum Gasteiger partial charge on any atom is -0.456 e. The van der Waals surface area contributed by atoms with Gasteiger partial charge in [0, 0.05) is 27.2 Å². The Morgan fingerprint density at radius 1 is 0.400 bits per heavy atom. The summed E-state index contributed by atoms with van der Waals surface area (Å²) in [6.45, 7) is 0. The molecule has 0 bridgehead atoms. The van der Waals surface area contributed by atoms with Gasteiger partial charge in [-0.25, -0.2) is 0 Å². The predicted molar refractivity (Wildman–Crippen MR) is 169 cm³/mol. The van der Waals surface area contributed by atoms with Crippen molar-refractivity contribution in [3.63, 3.8) is 0 Å². The molecular formula is C38H23NO. The van der Waals surface area contributed by atoms with Gasteiger partial charge in [0.05, 0.1) is 11.0 Å². The highest BCUT2D eigenvalue weighted by molar-refractivity contribution is 6.17. The van der Waals surface area contributed by atoms with Crippen LogP contribution in [0.1, 0.15) is 0 Å². The van der Waals surface area contributed by atoms with Crippen molar-refractivity contribution in [3.05, 3.63) is 140 Å². The van der Waals surface area contributed by atoms with E-state index in [0.717, 1.165) is 27.6 Å². The quantitative estimate of drug-likeness (QED) is 0.227. The molecule has 0 saturated carbocycles. The third-order valence-corrected chi connectivity index (χ3v) is 8.35. The summed E-state index contributed by atoms with van der Waals surface area (Å²) >= 11 is 0. The molecule has 2 heterocycles. The minimum absolute atomic E-state index is 0.929. The van der Waals surface area contributed by atoms with Crippen molar-refractivity contribution in [1.82, 2.24) is 4.57 Å². The minimum atomic E-state index is 0.929. The Morgan fingerprint density at radius 2 is 1.10 bits per heavy atom. The smallest absolute Gasteiger partial charge is 0.136 e.